The van der Waals surface area contributed by atoms with E-state index in [0.717, 1.165) is 22.4 Å². The topological polar surface area (TPSA) is 133 Å². The Bertz CT molecular complexity index is 1340. The van der Waals surface area contributed by atoms with E-state index in [1.54, 1.807) is 37.3 Å². The zero-order valence-corrected chi connectivity index (χ0v) is 20.5. The van der Waals surface area contributed by atoms with Gasteiger partial charge in [0.05, 0.1) is 36.6 Å². The molecular formula is C27H26N6O3. The number of nitrogens with one attached hydrogen (secondary N) is 2. The minimum Gasteiger partial charge on any atom is -0.462 e. The van der Waals surface area contributed by atoms with E-state index in [4.69, 9.17) is 20.0 Å². The molecule has 0 spiro atoms. The predicted molar refractivity (Wildman–Crippen MR) is 137 cm³/mol. The summed E-state index contributed by atoms with van der Waals surface area (Å²) in [5, 5.41) is 24.3. The number of rotatable bonds is 9. The molecule has 0 unspecified atom stereocenters. The van der Waals surface area contributed by atoms with E-state index in [1.807, 2.05) is 32.0 Å². The number of aromatic nitrogens is 2. The second-order valence-corrected chi connectivity index (χ2v) is 7.80. The van der Waals surface area contributed by atoms with Gasteiger partial charge in [-0.15, -0.1) is 0 Å². The zero-order chi connectivity index (χ0) is 26.1. The van der Waals surface area contributed by atoms with Gasteiger partial charge in [0.15, 0.2) is 5.82 Å². The number of carbonyl (C=O) groups is 1. The first-order valence-corrected chi connectivity index (χ1v) is 11.2. The molecule has 0 fully saturated rings. The number of hydrogen-bond acceptors (Lipinski definition) is 9. The highest BCUT2D eigenvalue weighted by Gasteiger charge is 2.23. The molecule has 1 heterocycles. The molecule has 9 heteroatoms. The van der Waals surface area contributed by atoms with Gasteiger partial charge in [-0.25, -0.2) is 9.78 Å². The molecule has 2 aromatic carbocycles. The third-order valence-electron chi connectivity index (χ3n) is 5.16. The molecule has 3 rings (SSSR count). The number of benzene rings is 2. The molecule has 0 radical (unpaired) electrons. The Morgan fingerprint density at radius 2 is 1.78 bits per heavy atom. The van der Waals surface area contributed by atoms with Gasteiger partial charge in [0, 0.05) is 24.6 Å². The van der Waals surface area contributed by atoms with Crippen molar-refractivity contribution in [2.24, 2.45) is 0 Å². The Labute approximate surface area is 210 Å². The lowest BCUT2D eigenvalue weighted by atomic mass is 10.0. The Kier molecular flexibility index (Phi) is 8.71. The maximum absolute atomic E-state index is 12.9. The summed E-state index contributed by atoms with van der Waals surface area (Å²) >= 11 is 0. The van der Waals surface area contributed by atoms with Gasteiger partial charge in [-0.2, -0.15) is 15.5 Å². The molecule has 9 nitrogen and oxygen atoms in total. The third-order valence-corrected chi connectivity index (χ3v) is 5.16. The van der Waals surface area contributed by atoms with Gasteiger partial charge in [-0.3, -0.25) is 0 Å². The van der Waals surface area contributed by atoms with Crippen LogP contribution in [-0.4, -0.2) is 29.7 Å². The molecule has 3 aromatic rings. The van der Waals surface area contributed by atoms with Crippen LogP contribution in [0.25, 0.3) is 6.08 Å². The summed E-state index contributed by atoms with van der Waals surface area (Å²) in [5.74, 6) is -0.0646. The lowest BCUT2D eigenvalue weighted by Gasteiger charge is -2.18. The van der Waals surface area contributed by atoms with E-state index in [1.165, 1.54) is 13.2 Å². The number of anilines is 4. The molecule has 0 aliphatic rings. The van der Waals surface area contributed by atoms with Crippen LogP contribution < -0.4 is 10.6 Å². The van der Waals surface area contributed by atoms with Gasteiger partial charge >= 0.3 is 5.97 Å². The quantitative estimate of drug-likeness (QED) is 0.307. The number of esters is 1. The molecule has 1 aromatic heterocycles. The number of aryl methyl sites for hydroxylation is 2. The average molecular weight is 483 g/mol. The molecule has 0 atom stereocenters. The number of nitrogens with zero attached hydrogens (tertiary/aromatic N) is 4. The maximum atomic E-state index is 12.9. The summed E-state index contributed by atoms with van der Waals surface area (Å²) in [6, 6.07) is 14.8. The van der Waals surface area contributed by atoms with Crippen molar-refractivity contribution >= 4 is 35.2 Å². The van der Waals surface area contributed by atoms with Crippen molar-refractivity contribution in [2.75, 3.05) is 24.4 Å². The first-order valence-electron chi connectivity index (χ1n) is 11.2. The summed E-state index contributed by atoms with van der Waals surface area (Å²) in [6.07, 6.45) is 3.15. The Morgan fingerprint density at radius 1 is 1.08 bits per heavy atom. The van der Waals surface area contributed by atoms with Crippen LogP contribution in [0, 0.1) is 36.5 Å². The lowest BCUT2D eigenvalue weighted by molar-refractivity contribution is 0.0521. The summed E-state index contributed by atoms with van der Waals surface area (Å²) in [5.41, 5.74) is 5.18. The monoisotopic (exact) mass is 482 g/mol. The Balaban J connectivity index is 2.11. The molecule has 182 valence electrons. The number of allylic oxidation sites excluding steroid dienone is 1. The van der Waals surface area contributed by atoms with Crippen LogP contribution in [0.5, 0.6) is 0 Å². The SMILES string of the molecule is CCOC(=O)c1c(COC)nc(Nc2ccc(C#N)cc2)nc1Nc1c(C)cc(C=CC#N)cc1C. The van der Waals surface area contributed by atoms with E-state index < -0.39 is 5.97 Å². The highest BCUT2D eigenvalue weighted by Crippen LogP contribution is 2.30. The van der Waals surface area contributed by atoms with Crippen LogP contribution in [0.3, 0.4) is 0 Å². The van der Waals surface area contributed by atoms with Gasteiger partial charge in [-0.1, -0.05) is 0 Å². The fraction of sp³-hybridized carbons (Fsp3) is 0.222. The molecular weight excluding hydrogens is 456 g/mol. The van der Waals surface area contributed by atoms with Crippen molar-refractivity contribution in [3.8, 4) is 12.1 Å². The number of carbonyl (C=O) groups excluding carboxylic acids is 1. The Hall–Kier alpha value is -4.73. The molecule has 0 aliphatic heterocycles. The predicted octanol–water partition coefficient (Wildman–Crippen LogP) is 5.31. The molecule has 0 bridgehead atoms. The molecule has 0 amide bonds. The lowest BCUT2D eigenvalue weighted by Crippen LogP contribution is -2.17. The standard InChI is InChI=1S/C27H26N6O3/c1-5-36-26(34)23-22(16-35-4)31-27(30-21-10-8-19(15-29)9-11-21)33-25(23)32-24-17(2)13-20(7-6-12-28)14-18(24)3/h6-11,13-14H,5,16H2,1-4H3,(H2,30,31,32,33). The fourth-order valence-corrected chi connectivity index (χ4v) is 3.61. The largest absolute Gasteiger partial charge is 0.462 e. The van der Waals surface area contributed by atoms with Crippen LogP contribution in [0.2, 0.25) is 0 Å². The first-order chi connectivity index (χ1) is 17.4. The summed E-state index contributed by atoms with van der Waals surface area (Å²) in [6.45, 7) is 5.83. The van der Waals surface area contributed by atoms with Crippen LogP contribution in [0.15, 0.2) is 42.5 Å². The Morgan fingerprint density at radius 3 is 2.36 bits per heavy atom. The summed E-state index contributed by atoms with van der Waals surface area (Å²) in [7, 11) is 1.51. The van der Waals surface area contributed by atoms with Gasteiger partial charge in [-0.05, 0) is 79.9 Å². The highest BCUT2D eigenvalue weighted by molar-refractivity contribution is 5.97. The van der Waals surface area contributed by atoms with E-state index in [9.17, 15) is 4.79 Å². The van der Waals surface area contributed by atoms with Gasteiger partial charge in [0.2, 0.25) is 5.95 Å². The summed E-state index contributed by atoms with van der Waals surface area (Å²) < 4.78 is 10.6. The molecule has 0 aliphatic carbocycles. The van der Waals surface area contributed by atoms with E-state index >= 15 is 0 Å². The van der Waals surface area contributed by atoms with Crippen molar-refractivity contribution in [3.05, 3.63) is 76.0 Å². The number of nitriles is 2. The van der Waals surface area contributed by atoms with Crippen LogP contribution in [0.1, 0.15) is 45.2 Å². The van der Waals surface area contributed by atoms with Crippen LogP contribution in [-0.2, 0) is 16.1 Å². The van der Waals surface area contributed by atoms with Crippen molar-refractivity contribution in [2.45, 2.75) is 27.4 Å². The van der Waals surface area contributed by atoms with Crippen LogP contribution >= 0.6 is 0 Å². The first kappa shape index (κ1) is 25.9. The molecule has 0 saturated heterocycles. The van der Waals surface area contributed by atoms with Crippen molar-refractivity contribution in [1.29, 1.82) is 10.5 Å². The van der Waals surface area contributed by atoms with E-state index in [2.05, 4.69) is 26.7 Å². The molecule has 0 saturated carbocycles. The number of hydrogen-bond donors (Lipinski definition) is 2. The van der Waals surface area contributed by atoms with Gasteiger partial charge < -0.3 is 20.1 Å². The van der Waals surface area contributed by atoms with Gasteiger partial charge in [0.25, 0.3) is 0 Å². The minimum atomic E-state index is -0.569. The smallest absolute Gasteiger partial charge is 0.343 e. The number of methoxy groups -OCH3 is 1. The second-order valence-electron chi connectivity index (χ2n) is 7.80. The highest BCUT2D eigenvalue weighted by atomic mass is 16.5. The van der Waals surface area contributed by atoms with E-state index in [-0.39, 0.29) is 30.5 Å². The van der Waals surface area contributed by atoms with E-state index in [0.29, 0.717) is 16.9 Å². The van der Waals surface area contributed by atoms with Crippen molar-refractivity contribution in [1.82, 2.24) is 9.97 Å². The third kappa shape index (κ3) is 6.23. The second kappa shape index (κ2) is 12.1. The average Bonchev–Trinajstić information content (AvgIpc) is 2.85. The summed E-state index contributed by atoms with van der Waals surface area (Å²) in [4.78, 5) is 22.0. The molecule has 2 N–H and O–H groups in total. The fourth-order valence-electron chi connectivity index (χ4n) is 3.61. The minimum absolute atomic E-state index is 0.0588. The van der Waals surface area contributed by atoms with Crippen molar-refractivity contribution in [3.63, 3.8) is 0 Å². The van der Waals surface area contributed by atoms with Crippen molar-refractivity contribution < 1.29 is 14.3 Å². The normalized spacial score (nSPS) is 10.5. The van der Waals surface area contributed by atoms with Gasteiger partial charge in [0.1, 0.15) is 5.56 Å². The maximum Gasteiger partial charge on any atom is 0.343 e. The van der Waals surface area contributed by atoms with Crippen LogP contribution in [0.4, 0.5) is 23.1 Å². The number of ether oxygens (including phenoxy) is 2. The zero-order valence-electron chi connectivity index (χ0n) is 20.5. The molecule has 36 heavy (non-hydrogen) atoms.